The fraction of sp³-hybridized carbons (Fsp3) is 0.615. The van der Waals surface area contributed by atoms with Crippen molar-refractivity contribution in [1.82, 2.24) is 19.5 Å². The zero-order valence-corrected chi connectivity index (χ0v) is 16.7. The van der Waals surface area contributed by atoms with Crippen molar-refractivity contribution in [3.63, 3.8) is 0 Å². The minimum absolute atomic E-state index is 0.0184. The molecule has 0 bridgehead atoms. The van der Waals surface area contributed by atoms with Crippen LogP contribution < -0.4 is 11.5 Å². The molecule has 2 aliphatic rings. The number of fused-ring (bicyclic) bond motifs is 2. The molecule has 0 radical (unpaired) electrons. The molecule has 27 heavy (non-hydrogen) atoms. The quantitative estimate of drug-likeness (QED) is 0.540. The van der Waals surface area contributed by atoms with Crippen LogP contribution in [0.1, 0.15) is 20.1 Å². The van der Waals surface area contributed by atoms with Crippen LogP contribution in [0.4, 0.5) is 16.2 Å². The molecule has 14 heteroatoms. The van der Waals surface area contributed by atoms with Gasteiger partial charge in [-0.3, -0.25) is 9.09 Å². The van der Waals surface area contributed by atoms with Crippen molar-refractivity contribution < 1.29 is 22.7 Å². The standard InChI is InChI=1S/C13H17ClFN6O4PS/c1-5(2)24-26(27)22-3-6-8(25-26)13(14,15)11(23-6)21-4-18-7-9(16)19-12(17)20-10(7)21/h4-6,8,11H,3H2,1-2H3,(H4,16,17,19,20)/t6-,8-,11-,13+,26?/m1/s1. The van der Waals surface area contributed by atoms with E-state index in [9.17, 15) is 0 Å². The third kappa shape index (κ3) is 3.19. The van der Waals surface area contributed by atoms with Gasteiger partial charge < -0.3 is 25.3 Å². The highest BCUT2D eigenvalue weighted by Gasteiger charge is 2.62. The minimum Gasteiger partial charge on any atom is -0.382 e. The Labute approximate surface area is 163 Å². The number of hydrogen-bond acceptors (Lipinski definition) is 10. The Balaban J connectivity index is 1.70. The van der Waals surface area contributed by atoms with Crippen molar-refractivity contribution in [2.24, 2.45) is 0 Å². The molecule has 2 saturated heterocycles. The molecule has 0 aliphatic carbocycles. The van der Waals surface area contributed by atoms with Gasteiger partial charge in [-0.25, -0.2) is 9.37 Å². The number of rotatable bonds is 3. The number of nitrogens with two attached hydrogens (primary N) is 2. The molecule has 0 amide bonds. The van der Waals surface area contributed by atoms with E-state index in [2.05, 4.69) is 15.0 Å². The van der Waals surface area contributed by atoms with Crippen LogP contribution in [0.2, 0.25) is 0 Å². The first kappa shape index (κ1) is 19.2. The normalized spacial score (nSPS) is 36.4. The Morgan fingerprint density at radius 2 is 2.22 bits per heavy atom. The zero-order chi connectivity index (χ0) is 19.6. The first-order valence-corrected chi connectivity index (χ1v) is 10.9. The van der Waals surface area contributed by atoms with Gasteiger partial charge >= 0.3 is 6.72 Å². The summed E-state index contributed by atoms with van der Waals surface area (Å²) in [6.07, 6.45) is -2.27. The van der Waals surface area contributed by atoms with Gasteiger partial charge in [0.15, 0.2) is 17.7 Å². The van der Waals surface area contributed by atoms with E-state index in [1.165, 1.54) is 10.9 Å². The highest BCUT2D eigenvalue weighted by molar-refractivity contribution is 8.07. The predicted octanol–water partition coefficient (Wildman–Crippen LogP) is 1.86. The van der Waals surface area contributed by atoms with Crippen LogP contribution in [0, 0.1) is 0 Å². The van der Waals surface area contributed by atoms with Gasteiger partial charge in [0.2, 0.25) is 5.95 Å². The van der Waals surface area contributed by atoms with Crippen LogP contribution in [0.25, 0.3) is 11.2 Å². The monoisotopic (exact) mass is 438 g/mol. The van der Waals surface area contributed by atoms with Crippen molar-refractivity contribution in [2.45, 2.75) is 43.5 Å². The predicted molar refractivity (Wildman–Crippen MR) is 99.1 cm³/mol. The molecule has 0 spiro atoms. The Kier molecular flexibility index (Phi) is 4.58. The molecule has 148 valence electrons. The second kappa shape index (κ2) is 6.45. The van der Waals surface area contributed by atoms with Crippen molar-refractivity contribution in [3.05, 3.63) is 6.33 Å². The van der Waals surface area contributed by atoms with E-state index in [1.54, 1.807) is 13.8 Å². The van der Waals surface area contributed by atoms with Crippen LogP contribution >= 0.6 is 18.3 Å². The average Bonchev–Trinajstić information content (AvgIpc) is 3.05. The Bertz CT molecular complexity index is 945. The number of hydrogen-bond donors (Lipinski definition) is 2. The molecule has 2 aromatic rings. The molecule has 0 aromatic carbocycles. The summed E-state index contributed by atoms with van der Waals surface area (Å²) in [4.78, 5) is 12.0. The molecule has 5 atom stereocenters. The molecule has 2 aliphatic heterocycles. The van der Waals surface area contributed by atoms with E-state index in [1.807, 2.05) is 0 Å². The molecule has 2 fully saturated rings. The van der Waals surface area contributed by atoms with Crippen molar-refractivity contribution >= 4 is 53.1 Å². The summed E-state index contributed by atoms with van der Waals surface area (Å²) in [6.45, 7) is 0.382. The molecule has 1 unspecified atom stereocenters. The van der Waals surface area contributed by atoms with Crippen LogP contribution in [0.15, 0.2) is 6.33 Å². The van der Waals surface area contributed by atoms with Gasteiger partial charge in [0.25, 0.3) is 5.13 Å². The number of nitrogens with zero attached hydrogens (tertiary/aromatic N) is 4. The van der Waals surface area contributed by atoms with E-state index in [0.29, 0.717) is 0 Å². The minimum atomic E-state index is -3.15. The summed E-state index contributed by atoms with van der Waals surface area (Å²) < 4.78 is 39.4. The lowest BCUT2D eigenvalue weighted by Gasteiger charge is -2.35. The number of ether oxygens (including phenoxy) is 1. The lowest BCUT2D eigenvalue weighted by atomic mass is 10.1. The Hall–Kier alpha value is -1.14. The number of imidazole rings is 1. The Morgan fingerprint density at radius 3 is 2.93 bits per heavy atom. The van der Waals surface area contributed by atoms with Gasteiger partial charge in [0, 0.05) is 0 Å². The highest BCUT2D eigenvalue weighted by Crippen LogP contribution is 2.61. The lowest BCUT2D eigenvalue weighted by Crippen LogP contribution is -2.43. The van der Waals surface area contributed by atoms with Crippen LogP contribution in [-0.2, 0) is 30.1 Å². The maximum atomic E-state index is 15.6. The highest BCUT2D eigenvalue weighted by atomic mass is 35.5. The van der Waals surface area contributed by atoms with Gasteiger partial charge in [0.1, 0.15) is 17.7 Å². The van der Waals surface area contributed by atoms with E-state index in [-0.39, 0.29) is 35.6 Å². The molecule has 10 nitrogen and oxygen atoms in total. The maximum Gasteiger partial charge on any atom is 0.328 e. The largest absolute Gasteiger partial charge is 0.382 e. The summed E-state index contributed by atoms with van der Waals surface area (Å²) in [5.74, 6) is -0.0253. The van der Waals surface area contributed by atoms with Gasteiger partial charge in [-0.15, -0.1) is 0 Å². The maximum absolute atomic E-state index is 15.6. The van der Waals surface area contributed by atoms with E-state index in [0.717, 1.165) is 0 Å². The van der Waals surface area contributed by atoms with Crippen molar-refractivity contribution in [2.75, 3.05) is 18.1 Å². The van der Waals surface area contributed by atoms with Crippen molar-refractivity contribution in [3.8, 4) is 0 Å². The molecular weight excluding hydrogens is 422 g/mol. The summed E-state index contributed by atoms with van der Waals surface area (Å²) in [7, 11) is 0. The summed E-state index contributed by atoms with van der Waals surface area (Å²) >= 11 is 11.5. The van der Waals surface area contributed by atoms with E-state index >= 15 is 4.39 Å². The van der Waals surface area contributed by atoms with E-state index in [4.69, 9.17) is 53.2 Å². The number of alkyl halides is 2. The number of anilines is 2. The molecule has 2 aromatic heterocycles. The number of aromatic nitrogens is 4. The molecule has 4 heterocycles. The number of nitrogen functional groups attached to an aromatic ring is 2. The first-order valence-electron chi connectivity index (χ1n) is 8.01. The molecule has 4 rings (SSSR count). The summed E-state index contributed by atoms with van der Waals surface area (Å²) in [6, 6.07) is 0. The van der Waals surface area contributed by atoms with Gasteiger partial charge in [-0.05, 0) is 25.7 Å². The zero-order valence-electron chi connectivity index (χ0n) is 14.3. The smallest absolute Gasteiger partial charge is 0.328 e. The second-order valence-corrected chi connectivity index (χ2v) is 9.91. The van der Waals surface area contributed by atoms with Crippen LogP contribution in [0.3, 0.4) is 0 Å². The summed E-state index contributed by atoms with van der Waals surface area (Å²) in [5, 5.41) is -2.49. The Morgan fingerprint density at radius 1 is 1.48 bits per heavy atom. The van der Waals surface area contributed by atoms with Gasteiger partial charge in [-0.2, -0.15) is 9.97 Å². The van der Waals surface area contributed by atoms with Crippen LogP contribution in [0.5, 0.6) is 0 Å². The first-order chi connectivity index (χ1) is 12.6. The van der Waals surface area contributed by atoms with Crippen LogP contribution in [-0.4, -0.2) is 49.6 Å². The SMILES string of the molecule is CC(C)OP1(=S)OC[C@H]2O[C@@H](n3cnc4c(N)nc(N)nc43)[C@](F)(Cl)[C@@H]2O1. The lowest BCUT2D eigenvalue weighted by molar-refractivity contribution is -0.0635. The number of halogens is 2. The summed E-state index contributed by atoms with van der Waals surface area (Å²) in [5.41, 5.74) is 11.9. The fourth-order valence-corrected chi connectivity index (χ4v) is 5.97. The average molecular weight is 439 g/mol. The molecular formula is C13H17ClFN6O4PS. The van der Waals surface area contributed by atoms with E-state index < -0.39 is 30.3 Å². The fourth-order valence-electron chi connectivity index (χ4n) is 3.01. The molecule has 4 N–H and O–H groups in total. The van der Waals surface area contributed by atoms with Gasteiger partial charge in [-0.1, -0.05) is 11.6 Å². The third-order valence-electron chi connectivity index (χ3n) is 4.05. The topological polar surface area (TPSA) is 133 Å². The van der Waals surface area contributed by atoms with Crippen molar-refractivity contribution in [1.29, 1.82) is 0 Å². The second-order valence-electron chi connectivity index (χ2n) is 6.42. The van der Waals surface area contributed by atoms with Gasteiger partial charge in [0.05, 0.1) is 19.0 Å². The third-order valence-corrected chi connectivity index (χ3v) is 6.91. The molecule has 0 saturated carbocycles.